The lowest BCUT2D eigenvalue weighted by Crippen LogP contribution is -2.25. The van der Waals surface area contributed by atoms with Crippen LogP contribution in [0.4, 0.5) is 0 Å². The van der Waals surface area contributed by atoms with Crippen molar-refractivity contribution in [3.63, 3.8) is 0 Å². The van der Waals surface area contributed by atoms with Crippen LogP contribution in [0.5, 0.6) is 0 Å². The Labute approximate surface area is 141 Å². The summed E-state index contributed by atoms with van der Waals surface area (Å²) in [5.74, 6) is -0.0535. The maximum absolute atomic E-state index is 12.6. The smallest absolute Gasteiger partial charge is 0.251 e. The van der Waals surface area contributed by atoms with Crippen molar-refractivity contribution >= 4 is 16.7 Å². The molecule has 0 N–H and O–H groups in total. The van der Waals surface area contributed by atoms with Crippen molar-refractivity contribution in [1.29, 1.82) is 0 Å². The highest BCUT2D eigenvalue weighted by Crippen LogP contribution is 2.22. The van der Waals surface area contributed by atoms with Crippen LogP contribution in [0.2, 0.25) is 0 Å². The van der Waals surface area contributed by atoms with Crippen LogP contribution in [0, 0.1) is 27.7 Å². The van der Waals surface area contributed by atoms with Gasteiger partial charge in [0, 0.05) is 17.0 Å². The van der Waals surface area contributed by atoms with E-state index in [9.17, 15) is 9.59 Å². The van der Waals surface area contributed by atoms with Crippen molar-refractivity contribution in [3.8, 4) is 0 Å². The molecule has 0 spiro atoms. The number of benzene rings is 2. The first-order valence-electron chi connectivity index (χ1n) is 8.08. The van der Waals surface area contributed by atoms with Gasteiger partial charge in [-0.25, -0.2) is 0 Å². The molecule has 1 heterocycles. The lowest BCUT2D eigenvalue weighted by molar-refractivity contribution is 0.0972. The lowest BCUT2D eigenvalue weighted by atomic mass is 10.0. The van der Waals surface area contributed by atoms with E-state index in [1.807, 2.05) is 58.0 Å². The van der Waals surface area contributed by atoms with Crippen LogP contribution in [0.25, 0.3) is 10.9 Å². The largest absolute Gasteiger partial charge is 0.300 e. The molecule has 3 rings (SSSR count). The van der Waals surface area contributed by atoms with Gasteiger partial charge in [-0.1, -0.05) is 41.5 Å². The van der Waals surface area contributed by atoms with Crippen LogP contribution >= 0.6 is 0 Å². The highest BCUT2D eigenvalue weighted by atomic mass is 16.1. The van der Waals surface area contributed by atoms with Crippen LogP contribution in [-0.2, 0) is 6.54 Å². The highest BCUT2D eigenvalue weighted by molar-refractivity contribution is 5.97. The van der Waals surface area contributed by atoms with Crippen molar-refractivity contribution in [2.45, 2.75) is 34.2 Å². The van der Waals surface area contributed by atoms with Gasteiger partial charge in [-0.3, -0.25) is 9.59 Å². The number of hydrogen-bond donors (Lipinski definition) is 0. The molecule has 0 radical (unpaired) electrons. The van der Waals surface area contributed by atoms with Gasteiger partial charge in [0.25, 0.3) is 5.56 Å². The number of hydrogen-bond acceptors (Lipinski definition) is 2. The van der Waals surface area contributed by atoms with E-state index in [-0.39, 0.29) is 17.9 Å². The fourth-order valence-electron chi connectivity index (χ4n) is 3.20. The average molecular weight is 319 g/mol. The highest BCUT2D eigenvalue weighted by Gasteiger charge is 2.14. The first kappa shape index (κ1) is 16.2. The molecule has 0 aliphatic heterocycles. The summed E-state index contributed by atoms with van der Waals surface area (Å²) in [4.78, 5) is 25.1. The van der Waals surface area contributed by atoms with Gasteiger partial charge in [0.05, 0.1) is 12.1 Å². The third-order valence-electron chi connectivity index (χ3n) is 4.42. The van der Waals surface area contributed by atoms with Gasteiger partial charge in [-0.2, -0.15) is 0 Å². The normalized spacial score (nSPS) is 11.0. The van der Waals surface area contributed by atoms with Gasteiger partial charge in [0.1, 0.15) is 0 Å². The predicted octanol–water partition coefficient (Wildman–Crippen LogP) is 4.12. The van der Waals surface area contributed by atoms with Gasteiger partial charge < -0.3 is 4.57 Å². The molecule has 0 bridgehead atoms. The van der Waals surface area contributed by atoms with E-state index in [4.69, 9.17) is 0 Å². The van der Waals surface area contributed by atoms with E-state index < -0.39 is 0 Å². The van der Waals surface area contributed by atoms with E-state index in [2.05, 4.69) is 6.07 Å². The first-order valence-corrected chi connectivity index (χ1v) is 8.08. The van der Waals surface area contributed by atoms with E-state index in [1.165, 1.54) is 0 Å². The Morgan fingerprint density at radius 3 is 2.21 bits per heavy atom. The topological polar surface area (TPSA) is 39.1 Å². The fraction of sp³-hybridized carbons (Fsp3) is 0.238. The average Bonchev–Trinajstić information content (AvgIpc) is 2.51. The molecular weight excluding hydrogens is 298 g/mol. The maximum Gasteiger partial charge on any atom is 0.251 e. The number of aromatic nitrogens is 1. The van der Waals surface area contributed by atoms with Crippen LogP contribution < -0.4 is 5.56 Å². The number of carbonyl (C=O) groups excluding carboxylic acids is 1. The van der Waals surface area contributed by atoms with Crippen molar-refractivity contribution in [3.05, 3.63) is 80.6 Å². The molecule has 1 aromatic heterocycles. The number of ketones is 1. The van der Waals surface area contributed by atoms with Crippen LogP contribution in [0.3, 0.4) is 0 Å². The molecule has 0 aliphatic carbocycles. The number of rotatable bonds is 3. The van der Waals surface area contributed by atoms with Crippen LogP contribution in [0.1, 0.15) is 32.6 Å². The second-order valence-corrected chi connectivity index (χ2v) is 6.52. The summed E-state index contributed by atoms with van der Waals surface area (Å²) in [5, 5.41) is 1.03. The molecular formula is C21H21NO2. The second kappa shape index (κ2) is 6.08. The molecule has 0 fully saturated rings. The summed E-state index contributed by atoms with van der Waals surface area (Å²) in [6.07, 6.45) is 0. The summed E-state index contributed by atoms with van der Waals surface area (Å²) < 4.78 is 1.60. The third kappa shape index (κ3) is 2.90. The molecule has 3 nitrogen and oxygen atoms in total. The molecule has 3 aromatic rings. The summed E-state index contributed by atoms with van der Waals surface area (Å²) >= 11 is 0. The quantitative estimate of drug-likeness (QED) is 0.681. The van der Waals surface area contributed by atoms with Crippen molar-refractivity contribution in [2.75, 3.05) is 0 Å². The first-order chi connectivity index (χ1) is 11.4. The van der Waals surface area contributed by atoms with Gasteiger partial charge in [-0.05, 0) is 44.9 Å². The zero-order valence-electron chi connectivity index (χ0n) is 14.5. The Hall–Kier alpha value is -2.68. The molecule has 0 atom stereocenters. The van der Waals surface area contributed by atoms with Gasteiger partial charge in [0.2, 0.25) is 0 Å². The number of fused-ring (bicyclic) bond motifs is 1. The Morgan fingerprint density at radius 2 is 1.54 bits per heavy atom. The fourth-order valence-corrected chi connectivity index (χ4v) is 3.20. The summed E-state index contributed by atoms with van der Waals surface area (Å²) in [6.45, 7) is 8.01. The SMILES string of the molecule is Cc1ccc(C(=O)Cn2c(=O)cc(C)c3cc(C)cc(C)c32)cc1. The second-order valence-electron chi connectivity index (χ2n) is 6.52. The number of nitrogens with zero attached hydrogens (tertiary/aromatic N) is 1. The number of aryl methyl sites for hydroxylation is 4. The predicted molar refractivity (Wildman–Crippen MR) is 97.9 cm³/mol. The molecule has 0 saturated heterocycles. The minimum atomic E-state index is -0.132. The Kier molecular flexibility index (Phi) is 4.10. The lowest BCUT2D eigenvalue weighted by Gasteiger charge is -2.15. The standard InChI is InChI=1S/C21H21NO2/c1-13-5-7-17(8-6-13)19(23)12-22-20(24)11-15(3)18-10-14(2)9-16(4)21(18)22/h5-11H,12H2,1-4H3. The Bertz CT molecular complexity index is 995. The molecule has 24 heavy (non-hydrogen) atoms. The zero-order chi connectivity index (χ0) is 17.4. The van der Waals surface area contributed by atoms with E-state index >= 15 is 0 Å². The van der Waals surface area contributed by atoms with Crippen molar-refractivity contribution in [1.82, 2.24) is 4.57 Å². The minimum absolute atomic E-state index is 0.0535. The molecule has 0 saturated carbocycles. The molecule has 0 aliphatic rings. The van der Waals surface area contributed by atoms with Crippen molar-refractivity contribution in [2.24, 2.45) is 0 Å². The van der Waals surface area contributed by atoms with Crippen LogP contribution in [0.15, 0.2) is 47.3 Å². The van der Waals surface area contributed by atoms with E-state index in [0.29, 0.717) is 5.56 Å². The van der Waals surface area contributed by atoms with Gasteiger partial charge in [0.15, 0.2) is 5.78 Å². The molecule has 0 amide bonds. The molecule has 2 aromatic carbocycles. The number of Topliss-reactive ketones (excluding diaryl/α,β-unsaturated/α-hetero) is 1. The number of carbonyl (C=O) groups is 1. The number of pyridine rings is 1. The van der Waals surface area contributed by atoms with Gasteiger partial charge in [-0.15, -0.1) is 0 Å². The van der Waals surface area contributed by atoms with Crippen LogP contribution in [-0.4, -0.2) is 10.4 Å². The summed E-state index contributed by atoms with van der Waals surface area (Å²) in [7, 11) is 0. The zero-order valence-corrected chi connectivity index (χ0v) is 14.5. The van der Waals surface area contributed by atoms with E-state index in [0.717, 1.165) is 33.2 Å². The monoisotopic (exact) mass is 319 g/mol. The summed E-state index contributed by atoms with van der Waals surface area (Å²) in [5.41, 5.74) is 5.57. The molecule has 0 unspecified atom stereocenters. The Morgan fingerprint density at radius 1 is 0.875 bits per heavy atom. The summed E-state index contributed by atoms with van der Waals surface area (Å²) in [6, 6.07) is 13.2. The Balaban J connectivity index is 2.14. The molecule has 3 heteroatoms. The maximum atomic E-state index is 12.6. The van der Waals surface area contributed by atoms with E-state index in [1.54, 1.807) is 10.6 Å². The molecule has 122 valence electrons. The van der Waals surface area contributed by atoms with Crippen molar-refractivity contribution < 1.29 is 4.79 Å². The third-order valence-corrected chi connectivity index (χ3v) is 4.42. The van der Waals surface area contributed by atoms with Gasteiger partial charge >= 0.3 is 0 Å². The minimum Gasteiger partial charge on any atom is -0.300 e.